The molecule has 0 heterocycles. The van der Waals surface area contributed by atoms with Crippen molar-refractivity contribution in [1.29, 1.82) is 0 Å². The lowest BCUT2D eigenvalue weighted by Crippen LogP contribution is -2.24. The molecule has 0 aliphatic carbocycles. The highest BCUT2D eigenvalue weighted by molar-refractivity contribution is 6.30. The van der Waals surface area contributed by atoms with Crippen LogP contribution in [0.25, 0.3) is 6.08 Å². The Morgan fingerprint density at radius 3 is 2.38 bits per heavy atom. The molecular formula is C17H15ClFNO. The summed E-state index contributed by atoms with van der Waals surface area (Å²) in [6.45, 7) is 0.504. The van der Waals surface area contributed by atoms with Crippen molar-refractivity contribution >= 4 is 23.6 Å². The predicted octanol–water partition coefficient (Wildman–Crippen LogP) is 4.15. The van der Waals surface area contributed by atoms with Gasteiger partial charge in [0.2, 0.25) is 5.91 Å². The molecule has 0 bridgehead atoms. The molecule has 0 aliphatic heterocycles. The van der Waals surface area contributed by atoms with Crippen molar-refractivity contribution in [3.8, 4) is 0 Å². The molecule has 0 saturated carbocycles. The van der Waals surface area contributed by atoms with Crippen LogP contribution in [-0.4, -0.2) is 17.9 Å². The quantitative estimate of drug-likeness (QED) is 0.777. The van der Waals surface area contributed by atoms with Crippen LogP contribution in [0, 0.1) is 5.82 Å². The topological polar surface area (TPSA) is 20.3 Å². The van der Waals surface area contributed by atoms with Crippen molar-refractivity contribution in [2.75, 3.05) is 7.05 Å². The highest BCUT2D eigenvalue weighted by atomic mass is 35.5. The normalized spacial score (nSPS) is 10.8. The molecule has 2 rings (SSSR count). The first-order valence-corrected chi connectivity index (χ1v) is 6.85. The Labute approximate surface area is 128 Å². The fourth-order valence-electron chi connectivity index (χ4n) is 1.81. The van der Waals surface area contributed by atoms with Gasteiger partial charge in [-0.05, 0) is 41.5 Å². The van der Waals surface area contributed by atoms with Gasteiger partial charge in [0.25, 0.3) is 0 Å². The first-order valence-electron chi connectivity index (χ1n) is 6.48. The van der Waals surface area contributed by atoms with Crippen LogP contribution in [0.1, 0.15) is 11.1 Å². The third kappa shape index (κ3) is 4.72. The molecule has 0 atom stereocenters. The first kappa shape index (κ1) is 15.3. The van der Waals surface area contributed by atoms with E-state index in [4.69, 9.17) is 11.6 Å². The van der Waals surface area contributed by atoms with Crippen molar-refractivity contribution in [3.63, 3.8) is 0 Å². The summed E-state index contributed by atoms with van der Waals surface area (Å²) < 4.78 is 12.8. The van der Waals surface area contributed by atoms with E-state index in [0.717, 1.165) is 11.1 Å². The number of hydrogen-bond donors (Lipinski definition) is 0. The second-order valence-corrected chi connectivity index (χ2v) is 5.14. The standard InChI is InChI=1S/C17H15ClFNO/c1-20(12-14-2-7-15(18)8-3-14)17(21)11-6-13-4-9-16(19)10-5-13/h2-11H,12H2,1H3/b11-6+. The summed E-state index contributed by atoms with van der Waals surface area (Å²) >= 11 is 5.82. The molecule has 0 N–H and O–H groups in total. The Morgan fingerprint density at radius 2 is 1.76 bits per heavy atom. The second kappa shape index (κ2) is 7.04. The van der Waals surface area contributed by atoms with Gasteiger partial charge in [0.1, 0.15) is 5.82 Å². The van der Waals surface area contributed by atoms with Crippen LogP contribution in [0.3, 0.4) is 0 Å². The largest absolute Gasteiger partial charge is 0.338 e. The summed E-state index contributed by atoms with van der Waals surface area (Å²) in [6.07, 6.45) is 3.14. The number of rotatable bonds is 4. The fraction of sp³-hybridized carbons (Fsp3) is 0.118. The summed E-state index contributed by atoms with van der Waals surface area (Å²) in [4.78, 5) is 13.6. The third-order valence-electron chi connectivity index (χ3n) is 3.00. The average molecular weight is 304 g/mol. The zero-order valence-corrected chi connectivity index (χ0v) is 12.3. The monoisotopic (exact) mass is 303 g/mol. The SMILES string of the molecule is CN(Cc1ccc(Cl)cc1)C(=O)/C=C/c1ccc(F)cc1. The van der Waals surface area contributed by atoms with Crippen LogP contribution in [0.5, 0.6) is 0 Å². The van der Waals surface area contributed by atoms with E-state index in [1.807, 2.05) is 12.1 Å². The highest BCUT2D eigenvalue weighted by Crippen LogP contribution is 2.11. The van der Waals surface area contributed by atoms with E-state index in [-0.39, 0.29) is 11.7 Å². The van der Waals surface area contributed by atoms with Gasteiger partial charge in [-0.1, -0.05) is 35.9 Å². The number of amides is 1. The zero-order chi connectivity index (χ0) is 15.2. The molecule has 0 unspecified atom stereocenters. The number of nitrogens with zero attached hydrogens (tertiary/aromatic N) is 1. The van der Waals surface area contributed by atoms with Crippen LogP contribution < -0.4 is 0 Å². The van der Waals surface area contributed by atoms with Crippen LogP contribution in [0.15, 0.2) is 54.6 Å². The lowest BCUT2D eigenvalue weighted by atomic mass is 10.2. The predicted molar refractivity (Wildman–Crippen MR) is 83.4 cm³/mol. The molecule has 4 heteroatoms. The number of carbonyl (C=O) groups excluding carboxylic acids is 1. The average Bonchev–Trinajstić information content (AvgIpc) is 2.48. The molecule has 0 aliphatic rings. The number of benzene rings is 2. The molecular weight excluding hydrogens is 289 g/mol. The number of likely N-dealkylation sites (N-methyl/N-ethyl adjacent to an activating group) is 1. The first-order chi connectivity index (χ1) is 10.0. The smallest absolute Gasteiger partial charge is 0.246 e. The second-order valence-electron chi connectivity index (χ2n) is 4.71. The van der Waals surface area contributed by atoms with Gasteiger partial charge in [-0.3, -0.25) is 4.79 Å². The maximum Gasteiger partial charge on any atom is 0.246 e. The summed E-state index contributed by atoms with van der Waals surface area (Å²) in [7, 11) is 1.73. The van der Waals surface area contributed by atoms with Crippen molar-refractivity contribution in [2.45, 2.75) is 6.54 Å². The minimum Gasteiger partial charge on any atom is -0.338 e. The Morgan fingerprint density at radius 1 is 1.14 bits per heavy atom. The van der Waals surface area contributed by atoms with Crippen molar-refractivity contribution in [3.05, 3.63) is 76.6 Å². The molecule has 0 fully saturated rings. The van der Waals surface area contributed by atoms with Gasteiger partial charge in [0.15, 0.2) is 0 Å². The van der Waals surface area contributed by atoms with E-state index in [9.17, 15) is 9.18 Å². The van der Waals surface area contributed by atoms with E-state index < -0.39 is 0 Å². The van der Waals surface area contributed by atoms with Gasteiger partial charge >= 0.3 is 0 Å². The molecule has 0 radical (unpaired) electrons. The maximum absolute atomic E-state index is 12.8. The van der Waals surface area contributed by atoms with Gasteiger partial charge in [0.05, 0.1) is 0 Å². The Kier molecular flexibility index (Phi) is 5.12. The molecule has 108 valence electrons. The lowest BCUT2D eigenvalue weighted by Gasteiger charge is -2.15. The van der Waals surface area contributed by atoms with E-state index >= 15 is 0 Å². The minimum atomic E-state index is -0.293. The summed E-state index contributed by atoms with van der Waals surface area (Å²) in [5.41, 5.74) is 1.79. The fourth-order valence-corrected chi connectivity index (χ4v) is 1.94. The van der Waals surface area contributed by atoms with Crippen LogP contribution >= 0.6 is 11.6 Å². The molecule has 2 aromatic rings. The van der Waals surface area contributed by atoms with Gasteiger partial charge in [0, 0.05) is 24.7 Å². The van der Waals surface area contributed by atoms with E-state index in [2.05, 4.69) is 0 Å². The molecule has 0 saturated heterocycles. The van der Waals surface area contributed by atoms with E-state index in [1.54, 1.807) is 42.3 Å². The summed E-state index contributed by atoms with van der Waals surface area (Å²) in [5, 5.41) is 0.670. The number of hydrogen-bond acceptors (Lipinski definition) is 1. The molecule has 21 heavy (non-hydrogen) atoms. The van der Waals surface area contributed by atoms with E-state index in [0.29, 0.717) is 11.6 Å². The zero-order valence-electron chi connectivity index (χ0n) is 11.6. The number of carbonyl (C=O) groups is 1. The maximum atomic E-state index is 12.8. The third-order valence-corrected chi connectivity index (χ3v) is 3.25. The molecule has 2 nitrogen and oxygen atoms in total. The van der Waals surface area contributed by atoms with Gasteiger partial charge in [-0.2, -0.15) is 0 Å². The molecule has 2 aromatic carbocycles. The van der Waals surface area contributed by atoms with Crippen molar-refractivity contribution in [2.24, 2.45) is 0 Å². The van der Waals surface area contributed by atoms with Crippen LogP contribution in [0.4, 0.5) is 4.39 Å². The van der Waals surface area contributed by atoms with Gasteiger partial charge < -0.3 is 4.90 Å². The molecule has 1 amide bonds. The van der Waals surface area contributed by atoms with Crippen molar-refractivity contribution in [1.82, 2.24) is 4.90 Å². The van der Waals surface area contributed by atoms with Crippen LogP contribution in [0.2, 0.25) is 5.02 Å². The van der Waals surface area contributed by atoms with Gasteiger partial charge in [-0.15, -0.1) is 0 Å². The Balaban J connectivity index is 1.96. The summed E-state index contributed by atoms with van der Waals surface area (Å²) in [6, 6.07) is 13.3. The van der Waals surface area contributed by atoms with Crippen LogP contribution in [-0.2, 0) is 11.3 Å². The number of halogens is 2. The highest BCUT2D eigenvalue weighted by Gasteiger charge is 2.05. The Bertz CT molecular complexity index is 635. The minimum absolute atomic E-state index is 0.116. The Hall–Kier alpha value is -2.13. The molecule has 0 aromatic heterocycles. The molecule has 0 spiro atoms. The lowest BCUT2D eigenvalue weighted by molar-refractivity contribution is -0.125. The summed E-state index contributed by atoms with van der Waals surface area (Å²) in [5.74, 6) is -0.410. The van der Waals surface area contributed by atoms with Crippen molar-refractivity contribution < 1.29 is 9.18 Å². The van der Waals surface area contributed by atoms with Gasteiger partial charge in [-0.25, -0.2) is 4.39 Å². The van der Waals surface area contributed by atoms with E-state index in [1.165, 1.54) is 18.2 Å².